The average molecular weight is 207 g/mol. The van der Waals surface area contributed by atoms with Crippen LogP contribution in [0.2, 0.25) is 0 Å². The van der Waals surface area contributed by atoms with Crippen molar-refractivity contribution in [2.45, 2.75) is 32.7 Å². The van der Waals surface area contributed by atoms with Gasteiger partial charge in [0.1, 0.15) is 5.82 Å². The van der Waals surface area contributed by atoms with E-state index in [1.54, 1.807) is 6.20 Å². The first-order valence-corrected chi connectivity index (χ1v) is 5.68. The summed E-state index contributed by atoms with van der Waals surface area (Å²) < 4.78 is 0. The number of hydrogen-bond donors (Lipinski definition) is 2. The molecule has 0 radical (unpaired) electrons. The van der Waals surface area contributed by atoms with Gasteiger partial charge in [0.25, 0.3) is 0 Å². The molecule has 15 heavy (non-hydrogen) atoms. The second-order valence-electron chi connectivity index (χ2n) is 3.84. The quantitative estimate of drug-likeness (QED) is 0.752. The molecule has 0 spiro atoms. The minimum Gasteiger partial charge on any atom is -0.369 e. The van der Waals surface area contributed by atoms with Crippen LogP contribution in [0.25, 0.3) is 0 Å². The Morgan fingerprint density at radius 2 is 2.07 bits per heavy atom. The number of nitrogens with zero attached hydrogens (tertiary/aromatic N) is 1. The van der Waals surface area contributed by atoms with E-state index in [0.29, 0.717) is 5.92 Å². The Hall–Kier alpha value is -1.09. The molecule has 1 rings (SSSR count). The summed E-state index contributed by atoms with van der Waals surface area (Å²) in [6, 6.07) is 6.05. The van der Waals surface area contributed by atoms with E-state index in [1.807, 2.05) is 18.2 Å². The lowest BCUT2D eigenvalue weighted by atomic mass is 9.95. The first-order valence-electron chi connectivity index (χ1n) is 5.68. The molecule has 3 nitrogen and oxygen atoms in total. The number of aromatic nitrogens is 1. The van der Waals surface area contributed by atoms with Crippen molar-refractivity contribution in [1.29, 1.82) is 0 Å². The molecular weight excluding hydrogens is 186 g/mol. The van der Waals surface area contributed by atoms with Crippen molar-refractivity contribution in [3.05, 3.63) is 24.4 Å². The smallest absolute Gasteiger partial charge is 0.125 e. The van der Waals surface area contributed by atoms with Gasteiger partial charge in [-0.25, -0.2) is 4.98 Å². The molecule has 1 atom stereocenters. The summed E-state index contributed by atoms with van der Waals surface area (Å²) in [5.41, 5.74) is 6.10. The zero-order valence-electron chi connectivity index (χ0n) is 9.61. The molecule has 0 bridgehead atoms. The van der Waals surface area contributed by atoms with Gasteiger partial charge in [0.05, 0.1) is 0 Å². The molecule has 0 aromatic carbocycles. The van der Waals surface area contributed by atoms with Crippen LogP contribution in [0.15, 0.2) is 24.4 Å². The predicted molar refractivity (Wildman–Crippen MR) is 64.8 cm³/mol. The maximum atomic E-state index is 6.10. The maximum absolute atomic E-state index is 6.10. The lowest BCUT2D eigenvalue weighted by Gasteiger charge is -2.21. The van der Waals surface area contributed by atoms with Crippen LogP contribution in [0, 0.1) is 5.92 Å². The molecule has 0 aliphatic heterocycles. The van der Waals surface area contributed by atoms with Gasteiger partial charge in [-0.1, -0.05) is 32.8 Å². The fourth-order valence-electron chi connectivity index (χ4n) is 1.75. The highest BCUT2D eigenvalue weighted by atomic mass is 15.0. The van der Waals surface area contributed by atoms with Crippen molar-refractivity contribution in [3.63, 3.8) is 0 Å². The van der Waals surface area contributed by atoms with Gasteiger partial charge in [0.15, 0.2) is 0 Å². The zero-order chi connectivity index (χ0) is 11.1. The van der Waals surface area contributed by atoms with E-state index in [0.717, 1.165) is 25.2 Å². The molecule has 0 amide bonds. The molecule has 0 aliphatic rings. The molecule has 0 saturated carbocycles. The molecule has 3 heteroatoms. The van der Waals surface area contributed by atoms with Gasteiger partial charge < -0.3 is 11.1 Å². The zero-order valence-corrected chi connectivity index (χ0v) is 9.61. The van der Waals surface area contributed by atoms with E-state index in [4.69, 9.17) is 5.73 Å². The van der Waals surface area contributed by atoms with Crippen molar-refractivity contribution in [2.75, 3.05) is 11.9 Å². The van der Waals surface area contributed by atoms with Crippen molar-refractivity contribution >= 4 is 5.82 Å². The summed E-state index contributed by atoms with van der Waals surface area (Å²) in [7, 11) is 0. The van der Waals surface area contributed by atoms with Crippen LogP contribution in [-0.4, -0.2) is 17.6 Å². The third kappa shape index (κ3) is 3.88. The average Bonchev–Trinajstić information content (AvgIpc) is 2.29. The number of nitrogens with two attached hydrogens (primary N) is 1. The van der Waals surface area contributed by atoms with Gasteiger partial charge in [0, 0.05) is 18.8 Å². The SMILES string of the molecule is CCC(CC)C(N)CNc1ccccn1. The summed E-state index contributed by atoms with van der Waals surface area (Å²) >= 11 is 0. The van der Waals surface area contributed by atoms with Gasteiger partial charge in [-0.05, 0) is 18.1 Å². The fourth-order valence-corrected chi connectivity index (χ4v) is 1.75. The summed E-state index contributed by atoms with van der Waals surface area (Å²) in [4.78, 5) is 4.20. The molecule has 3 N–H and O–H groups in total. The topological polar surface area (TPSA) is 50.9 Å². The summed E-state index contributed by atoms with van der Waals surface area (Å²) in [5, 5.41) is 3.26. The van der Waals surface area contributed by atoms with Gasteiger partial charge in [0.2, 0.25) is 0 Å². The van der Waals surface area contributed by atoms with Gasteiger partial charge in [-0.3, -0.25) is 0 Å². The number of pyridine rings is 1. The fraction of sp³-hybridized carbons (Fsp3) is 0.583. The van der Waals surface area contributed by atoms with Crippen molar-refractivity contribution < 1.29 is 0 Å². The largest absolute Gasteiger partial charge is 0.369 e. The second kappa shape index (κ2) is 6.40. The van der Waals surface area contributed by atoms with Crippen LogP contribution >= 0.6 is 0 Å². The van der Waals surface area contributed by atoms with E-state index in [9.17, 15) is 0 Å². The lowest BCUT2D eigenvalue weighted by molar-refractivity contribution is 0.407. The minimum atomic E-state index is 0.210. The number of anilines is 1. The molecule has 1 aromatic heterocycles. The van der Waals surface area contributed by atoms with Crippen molar-refractivity contribution in [3.8, 4) is 0 Å². The monoisotopic (exact) mass is 207 g/mol. The van der Waals surface area contributed by atoms with E-state index in [1.165, 1.54) is 0 Å². The van der Waals surface area contributed by atoms with Crippen LogP contribution in [0.1, 0.15) is 26.7 Å². The maximum Gasteiger partial charge on any atom is 0.125 e. The predicted octanol–water partition coefficient (Wildman–Crippen LogP) is 2.26. The first-order chi connectivity index (χ1) is 7.27. The summed E-state index contributed by atoms with van der Waals surface area (Å²) in [5.74, 6) is 1.50. The highest BCUT2D eigenvalue weighted by Crippen LogP contribution is 2.11. The Balaban J connectivity index is 2.36. The van der Waals surface area contributed by atoms with Crippen molar-refractivity contribution in [2.24, 2.45) is 11.7 Å². The van der Waals surface area contributed by atoms with E-state index >= 15 is 0 Å². The van der Waals surface area contributed by atoms with Gasteiger partial charge in [-0.2, -0.15) is 0 Å². The van der Waals surface area contributed by atoms with E-state index in [-0.39, 0.29) is 6.04 Å². The Bertz CT molecular complexity index is 257. The van der Waals surface area contributed by atoms with E-state index < -0.39 is 0 Å². The van der Waals surface area contributed by atoms with E-state index in [2.05, 4.69) is 24.1 Å². The molecule has 1 heterocycles. The molecular formula is C12H21N3. The number of rotatable bonds is 6. The second-order valence-corrected chi connectivity index (χ2v) is 3.84. The molecule has 1 unspecified atom stereocenters. The van der Waals surface area contributed by atoms with Crippen LogP contribution in [0.4, 0.5) is 5.82 Å². The van der Waals surface area contributed by atoms with Gasteiger partial charge >= 0.3 is 0 Å². The van der Waals surface area contributed by atoms with Crippen LogP contribution < -0.4 is 11.1 Å². The Labute approximate surface area is 92.1 Å². The third-order valence-electron chi connectivity index (χ3n) is 2.84. The Morgan fingerprint density at radius 1 is 1.33 bits per heavy atom. The van der Waals surface area contributed by atoms with Gasteiger partial charge in [-0.15, -0.1) is 0 Å². The molecule has 1 aromatic rings. The Kier molecular flexibility index (Phi) is 5.12. The minimum absolute atomic E-state index is 0.210. The standard InChI is InChI=1S/C12H21N3/c1-3-10(4-2)11(13)9-15-12-7-5-6-8-14-12/h5-8,10-11H,3-4,9,13H2,1-2H3,(H,14,15). The molecule has 84 valence electrons. The van der Waals surface area contributed by atoms with Crippen LogP contribution in [-0.2, 0) is 0 Å². The van der Waals surface area contributed by atoms with Crippen LogP contribution in [0.5, 0.6) is 0 Å². The molecule has 0 aliphatic carbocycles. The lowest BCUT2D eigenvalue weighted by Crippen LogP contribution is -2.36. The highest BCUT2D eigenvalue weighted by molar-refractivity contribution is 5.33. The van der Waals surface area contributed by atoms with Crippen LogP contribution in [0.3, 0.4) is 0 Å². The number of hydrogen-bond acceptors (Lipinski definition) is 3. The normalized spacial score (nSPS) is 12.8. The Morgan fingerprint density at radius 3 is 2.60 bits per heavy atom. The molecule has 0 saturated heterocycles. The third-order valence-corrected chi connectivity index (χ3v) is 2.84. The summed E-state index contributed by atoms with van der Waals surface area (Å²) in [6.07, 6.45) is 4.06. The summed E-state index contributed by atoms with van der Waals surface area (Å²) in [6.45, 7) is 5.17. The molecule has 0 fully saturated rings. The highest BCUT2D eigenvalue weighted by Gasteiger charge is 2.13. The number of nitrogens with one attached hydrogen (secondary N) is 1. The first kappa shape index (κ1) is 12.0. The van der Waals surface area contributed by atoms with Crippen molar-refractivity contribution in [1.82, 2.24) is 4.98 Å².